The molecule has 0 aliphatic heterocycles. The van der Waals surface area contributed by atoms with Crippen LogP contribution in [0.5, 0.6) is 0 Å². The lowest BCUT2D eigenvalue weighted by Gasteiger charge is -1.97. The van der Waals surface area contributed by atoms with Crippen molar-refractivity contribution in [1.29, 1.82) is 0 Å². The third-order valence-corrected chi connectivity index (χ3v) is 4.59. The highest BCUT2D eigenvalue weighted by Crippen LogP contribution is 2.27. The first-order valence-electron chi connectivity index (χ1n) is 6.33. The minimum absolute atomic E-state index is 0.0534. The number of aryl methyl sites for hydroxylation is 2. The smallest absolute Gasteiger partial charge is 0.277 e. The summed E-state index contributed by atoms with van der Waals surface area (Å²) in [4.78, 5) is 16.2. The van der Waals surface area contributed by atoms with Gasteiger partial charge in [-0.15, -0.1) is 21.5 Å². The summed E-state index contributed by atoms with van der Waals surface area (Å²) in [6.45, 7) is 3.83. The molecular formula is C14H13N3O2S2. The third kappa shape index (κ3) is 3.08. The quantitative estimate of drug-likeness (QED) is 0.573. The van der Waals surface area contributed by atoms with Crippen LogP contribution in [0.4, 0.5) is 0 Å². The van der Waals surface area contributed by atoms with E-state index in [4.69, 9.17) is 4.42 Å². The van der Waals surface area contributed by atoms with E-state index in [-0.39, 0.29) is 11.5 Å². The van der Waals surface area contributed by atoms with E-state index >= 15 is 0 Å². The summed E-state index contributed by atoms with van der Waals surface area (Å²) < 4.78 is 5.54. The van der Waals surface area contributed by atoms with Gasteiger partial charge in [0.1, 0.15) is 0 Å². The first-order valence-corrected chi connectivity index (χ1v) is 8.19. The monoisotopic (exact) mass is 319 g/mol. The number of aromatic nitrogens is 3. The third-order valence-electron chi connectivity index (χ3n) is 2.92. The zero-order valence-electron chi connectivity index (χ0n) is 11.5. The summed E-state index contributed by atoms with van der Waals surface area (Å²) >= 11 is 2.80. The van der Waals surface area contributed by atoms with E-state index in [1.54, 1.807) is 0 Å². The Morgan fingerprint density at radius 1 is 1.43 bits per heavy atom. The van der Waals surface area contributed by atoms with Gasteiger partial charge in [-0.05, 0) is 31.4 Å². The van der Waals surface area contributed by atoms with Crippen LogP contribution in [0, 0.1) is 13.8 Å². The normalized spacial score (nSPS) is 11.0. The van der Waals surface area contributed by atoms with Gasteiger partial charge in [-0.1, -0.05) is 17.8 Å². The van der Waals surface area contributed by atoms with Crippen molar-refractivity contribution < 1.29 is 9.21 Å². The summed E-state index contributed by atoms with van der Waals surface area (Å²) in [5, 5.41) is 10.3. The summed E-state index contributed by atoms with van der Waals surface area (Å²) in [5.74, 6) is 0.829. The Kier molecular flexibility index (Phi) is 3.94. The van der Waals surface area contributed by atoms with Crippen molar-refractivity contribution in [1.82, 2.24) is 15.2 Å². The summed E-state index contributed by atoms with van der Waals surface area (Å²) in [6.07, 6.45) is 0. The van der Waals surface area contributed by atoms with Crippen molar-refractivity contribution in [3.63, 3.8) is 0 Å². The Bertz CT molecular complexity index is 759. The molecule has 0 unspecified atom stereocenters. The average molecular weight is 319 g/mol. The van der Waals surface area contributed by atoms with Gasteiger partial charge in [0.2, 0.25) is 0 Å². The summed E-state index contributed by atoms with van der Waals surface area (Å²) in [7, 11) is 0. The molecule has 5 nitrogen and oxygen atoms in total. The molecule has 0 aliphatic rings. The van der Waals surface area contributed by atoms with E-state index in [0.29, 0.717) is 11.1 Å². The molecule has 0 bridgehead atoms. The molecule has 3 aromatic rings. The first-order chi connectivity index (χ1) is 10.1. The maximum atomic E-state index is 12.2. The number of carbonyl (C=O) groups is 1. The average Bonchev–Trinajstić information content (AvgIpc) is 3.15. The zero-order valence-corrected chi connectivity index (χ0v) is 13.2. The lowest BCUT2D eigenvalue weighted by atomic mass is 10.2. The maximum absolute atomic E-state index is 12.2. The van der Waals surface area contributed by atoms with Crippen molar-refractivity contribution in [2.75, 3.05) is 5.75 Å². The molecule has 0 aliphatic carbocycles. The van der Waals surface area contributed by atoms with Crippen LogP contribution in [-0.4, -0.2) is 26.7 Å². The highest BCUT2D eigenvalue weighted by Gasteiger charge is 2.15. The molecule has 0 saturated heterocycles. The van der Waals surface area contributed by atoms with E-state index < -0.39 is 0 Å². The van der Waals surface area contributed by atoms with Gasteiger partial charge in [0.15, 0.2) is 5.78 Å². The summed E-state index contributed by atoms with van der Waals surface area (Å²) in [6, 6.07) is 5.71. The predicted octanol–water partition coefficient (Wildman–Crippen LogP) is 3.72. The van der Waals surface area contributed by atoms with Crippen LogP contribution in [0.25, 0.3) is 10.8 Å². The molecule has 0 saturated carbocycles. The number of Topliss-reactive ketones (excluding diaryl/α,β-unsaturated/α-hetero) is 1. The number of hydrogen-bond donors (Lipinski definition) is 1. The Balaban J connectivity index is 1.65. The van der Waals surface area contributed by atoms with Gasteiger partial charge >= 0.3 is 0 Å². The van der Waals surface area contributed by atoms with E-state index in [1.807, 2.05) is 37.4 Å². The topological polar surface area (TPSA) is 71.8 Å². The SMILES string of the molecule is Cc1cc(C(=O)CSc2nnc(-c3cccs3)o2)c(C)[nH]1. The number of nitrogens with zero attached hydrogens (tertiary/aromatic N) is 2. The molecule has 21 heavy (non-hydrogen) atoms. The van der Waals surface area contributed by atoms with Gasteiger partial charge in [-0.25, -0.2) is 0 Å². The van der Waals surface area contributed by atoms with Gasteiger partial charge in [-0.3, -0.25) is 4.79 Å². The number of thiophene rings is 1. The number of ketones is 1. The molecule has 0 fully saturated rings. The first kappa shape index (κ1) is 14.1. The minimum atomic E-state index is 0.0534. The van der Waals surface area contributed by atoms with Crippen LogP contribution < -0.4 is 0 Å². The Hall–Kier alpha value is -1.86. The van der Waals surface area contributed by atoms with Gasteiger partial charge in [0, 0.05) is 17.0 Å². The highest BCUT2D eigenvalue weighted by molar-refractivity contribution is 7.99. The highest BCUT2D eigenvalue weighted by atomic mass is 32.2. The molecule has 0 radical (unpaired) electrons. The molecule has 108 valence electrons. The van der Waals surface area contributed by atoms with Crippen LogP contribution in [0.1, 0.15) is 21.7 Å². The Morgan fingerprint density at radius 3 is 2.95 bits per heavy atom. The molecule has 3 heterocycles. The van der Waals surface area contributed by atoms with E-state index in [9.17, 15) is 4.79 Å². The van der Waals surface area contributed by atoms with E-state index in [2.05, 4.69) is 15.2 Å². The minimum Gasteiger partial charge on any atom is -0.410 e. The van der Waals surface area contributed by atoms with Gasteiger partial charge < -0.3 is 9.40 Å². The largest absolute Gasteiger partial charge is 0.410 e. The number of aromatic amines is 1. The van der Waals surface area contributed by atoms with Crippen LogP contribution >= 0.6 is 23.1 Å². The standard InChI is InChI=1S/C14H13N3O2S2/c1-8-6-10(9(2)15-8)11(18)7-21-14-17-16-13(19-14)12-4-3-5-20-12/h3-6,15H,7H2,1-2H3. The Labute approximate surface area is 129 Å². The van der Waals surface area contributed by atoms with Crippen molar-refractivity contribution in [3.8, 4) is 10.8 Å². The molecule has 3 aromatic heterocycles. The van der Waals surface area contributed by atoms with Crippen molar-refractivity contribution in [3.05, 3.63) is 40.5 Å². The fraction of sp³-hybridized carbons (Fsp3) is 0.214. The Morgan fingerprint density at radius 2 is 2.29 bits per heavy atom. The summed E-state index contributed by atoms with van der Waals surface area (Å²) in [5.41, 5.74) is 2.60. The fourth-order valence-corrected chi connectivity index (χ4v) is 3.28. The second kappa shape index (κ2) is 5.87. The number of nitrogens with one attached hydrogen (secondary N) is 1. The van der Waals surface area contributed by atoms with Gasteiger partial charge in [0.05, 0.1) is 10.6 Å². The second-order valence-electron chi connectivity index (χ2n) is 4.55. The van der Waals surface area contributed by atoms with Crippen LogP contribution in [-0.2, 0) is 0 Å². The number of carbonyl (C=O) groups excluding carboxylic acids is 1. The van der Waals surface area contributed by atoms with E-state index in [0.717, 1.165) is 21.8 Å². The maximum Gasteiger partial charge on any atom is 0.277 e. The number of thioether (sulfide) groups is 1. The number of hydrogen-bond acceptors (Lipinski definition) is 6. The molecule has 3 rings (SSSR count). The molecule has 0 aromatic carbocycles. The molecule has 7 heteroatoms. The molecule has 0 spiro atoms. The second-order valence-corrected chi connectivity index (χ2v) is 6.43. The van der Waals surface area contributed by atoms with Crippen molar-refractivity contribution in [2.24, 2.45) is 0 Å². The molecule has 1 N–H and O–H groups in total. The number of H-pyrrole nitrogens is 1. The zero-order chi connectivity index (χ0) is 14.8. The van der Waals surface area contributed by atoms with Crippen LogP contribution in [0.15, 0.2) is 33.2 Å². The predicted molar refractivity (Wildman–Crippen MR) is 82.9 cm³/mol. The molecule has 0 amide bonds. The van der Waals surface area contributed by atoms with Crippen LogP contribution in [0.3, 0.4) is 0 Å². The number of rotatable bonds is 5. The van der Waals surface area contributed by atoms with E-state index in [1.165, 1.54) is 23.1 Å². The molecule has 0 atom stereocenters. The van der Waals surface area contributed by atoms with Gasteiger partial charge in [-0.2, -0.15) is 0 Å². The molecular weight excluding hydrogens is 306 g/mol. The lowest BCUT2D eigenvalue weighted by Crippen LogP contribution is -2.02. The van der Waals surface area contributed by atoms with Gasteiger partial charge in [0.25, 0.3) is 11.1 Å². The van der Waals surface area contributed by atoms with Crippen LogP contribution in [0.2, 0.25) is 0 Å². The van der Waals surface area contributed by atoms with Crippen molar-refractivity contribution in [2.45, 2.75) is 19.1 Å². The fourth-order valence-electron chi connectivity index (χ4n) is 1.99. The van der Waals surface area contributed by atoms with Crippen molar-refractivity contribution >= 4 is 28.9 Å². The lowest BCUT2D eigenvalue weighted by molar-refractivity contribution is 0.102.